The van der Waals surface area contributed by atoms with Crippen LogP contribution in [-0.2, 0) is 14.4 Å². The number of carboxylic acids is 1. The number of likely N-dealkylation sites (tertiary alicyclic amines) is 1. The van der Waals surface area contributed by atoms with Crippen molar-refractivity contribution in [3.63, 3.8) is 0 Å². The maximum absolute atomic E-state index is 11.9. The summed E-state index contributed by atoms with van der Waals surface area (Å²) in [7, 11) is 2.22. The molecule has 0 aliphatic carbocycles. The molecule has 1 fully saturated rings. The Morgan fingerprint density at radius 3 is 2.57 bits per heavy atom. The van der Waals surface area contributed by atoms with Gasteiger partial charge in [0.1, 0.15) is 5.37 Å². The van der Waals surface area contributed by atoms with Gasteiger partial charge in [-0.3, -0.25) is 19.3 Å². The van der Waals surface area contributed by atoms with Crippen molar-refractivity contribution in [3.8, 4) is 0 Å². The molecule has 23 heavy (non-hydrogen) atoms. The Labute approximate surface area is 145 Å². The predicted molar refractivity (Wildman–Crippen MR) is 89.8 cm³/mol. The molecule has 0 spiro atoms. The lowest BCUT2D eigenvalue weighted by molar-refractivity contribution is -0.181. The van der Waals surface area contributed by atoms with Crippen LogP contribution in [0, 0.1) is 5.92 Å². The normalized spacial score (nSPS) is 21.5. The number of nitrogens with zero attached hydrogens (tertiary/aromatic N) is 1. The third-order valence-electron chi connectivity index (χ3n) is 3.02. The number of carboxylic acid groups (broad SMARTS) is 1. The molecule has 1 saturated heterocycles. The van der Waals surface area contributed by atoms with Gasteiger partial charge in [-0.05, 0) is 29.0 Å². The Morgan fingerprint density at radius 2 is 2.04 bits per heavy atom. The van der Waals surface area contributed by atoms with E-state index in [-0.39, 0.29) is 10.4 Å². The summed E-state index contributed by atoms with van der Waals surface area (Å²) in [4.78, 5) is 46.0. The molecule has 0 aromatic rings. The SMILES string of the molecule is CCC1C(=O)N(C(O)C(=O)O)C1SC(=O)SSCCNC(C)=O. The highest BCUT2D eigenvalue weighted by Crippen LogP contribution is 2.42. The molecule has 0 bridgehead atoms. The Morgan fingerprint density at radius 1 is 1.39 bits per heavy atom. The molecule has 130 valence electrons. The zero-order valence-electron chi connectivity index (χ0n) is 12.6. The largest absolute Gasteiger partial charge is 0.478 e. The van der Waals surface area contributed by atoms with Gasteiger partial charge >= 0.3 is 5.97 Å². The third kappa shape index (κ3) is 5.59. The van der Waals surface area contributed by atoms with Crippen LogP contribution in [0.4, 0.5) is 4.79 Å². The molecule has 3 N–H and O–H groups in total. The van der Waals surface area contributed by atoms with Gasteiger partial charge in [-0.25, -0.2) is 4.79 Å². The number of thioether (sulfide) groups is 1. The number of carbonyl (C=O) groups excluding carboxylic acids is 3. The van der Waals surface area contributed by atoms with Crippen LogP contribution in [0.25, 0.3) is 0 Å². The Bertz CT molecular complexity index is 489. The van der Waals surface area contributed by atoms with Crippen molar-refractivity contribution in [1.29, 1.82) is 0 Å². The first-order valence-electron chi connectivity index (χ1n) is 6.77. The monoisotopic (exact) mass is 382 g/mol. The van der Waals surface area contributed by atoms with E-state index in [1.807, 2.05) is 0 Å². The zero-order valence-corrected chi connectivity index (χ0v) is 15.0. The summed E-state index contributed by atoms with van der Waals surface area (Å²) < 4.78 is -0.281. The molecule has 1 aliphatic rings. The third-order valence-corrected chi connectivity index (χ3v) is 6.79. The lowest BCUT2D eigenvalue weighted by Crippen LogP contribution is -2.64. The van der Waals surface area contributed by atoms with Gasteiger partial charge in [0.25, 0.3) is 4.45 Å². The molecule has 0 radical (unpaired) electrons. The highest BCUT2D eigenvalue weighted by Gasteiger charge is 2.52. The van der Waals surface area contributed by atoms with Crippen LogP contribution in [0.5, 0.6) is 0 Å². The molecule has 1 aliphatic heterocycles. The molecule has 3 atom stereocenters. The number of amides is 2. The van der Waals surface area contributed by atoms with E-state index in [9.17, 15) is 24.3 Å². The van der Waals surface area contributed by atoms with E-state index >= 15 is 0 Å². The van der Waals surface area contributed by atoms with Crippen LogP contribution in [0.1, 0.15) is 20.3 Å². The number of aliphatic carboxylic acids is 1. The number of rotatable bonds is 8. The first kappa shape index (κ1) is 20.1. The summed E-state index contributed by atoms with van der Waals surface area (Å²) in [5.41, 5.74) is 0. The molecule has 1 heterocycles. The summed E-state index contributed by atoms with van der Waals surface area (Å²) >= 11 is 0.839. The van der Waals surface area contributed by atoms with Crippen LogP contribution in [0.2, 0.25) is 0 Å². The first-order valence-corrected chi connectivity index (χ1v) is 9.97. The van der Waals surface area contributed by atoms with Crippen LogP contribution in [-0.4, -0.2) is 61.2 Å². The number of aliphatic hydroxyl groups is 1. The van der Waals surface area contributed by atoms with E-state index in [0.29, 0.717) is 18.7 Å². The van der Waals surface area contributed by atoms with E-state index in [2.05, 4.69) is 5.32 Å². The summed E-state index contributed by atoms with van der Waals surface area (Å²) in [6, 6.07) is 0. The first-order chi connectivity index (χ1) is 10.8. The topological polar surface area (TPSA) is 124 Å². The quantitative estimate of drug-likeness (QED) is 0.320. The smallest absolute Gasteiger partial charge is 0.354 e. The molecule has 0 saturated carbocycles. The van der Waals surface area contributed by atoms with Gasteiger partial charge in [-0.15, -0.1) is 0 Å². The second-order valence-corrected chi connectivity index (χ2v) is 8.36. The number of hydrogen-bond donors (Lipinski definition) is 3. The second-order valence-electron chi connectivity index (χ2n) is 4.62. The molecule has 0 aromatic carbocycles. The molecular weight excluding hydrogens is 364 g/mol. The number of carbonyl (C=O) groups is 4. The van der Waals surface area contributed by atoms with Gasteiger partial charge in [0, 0.05) is 19.2 Å². The van der Waals surface area contributed by atoms with Gasteiger partial charge in [-0.1, -0.05) is 17.7 Å². The van der Waals surface area contributed by atoms with E-state index in [1.54, 1.807) is 6.92 Å². The van der Waals surface area contributed by atoms with Gasteiger partial charge in [-0.2, -0.15) is 0 Å². The fourth-order valence-electron chi connectivity index (χ4n) is 1.92. The standard InChI is InChI=1S/C12H18N2O6S3/c1-3-7-8(16)14(9(17)11(18)19)10(7)22-12(20)23-21-5-4-13-6(2)15/h7,9-10,17H,3-5H2,1-2H3,(H,13,15)(H,18,19). The average Bonchev–Trinajstić information content (AvgIpc) is 2.46. The summed E-state index contributed by atoms with van der Waals surface area (Å²) in [5.74, 6) is -2.06. The fraction of sp³-hybridized carbons (Fsp3) is 0.667. The van der Waals surface area contributed by atoms with E-state index in [4.69, 9.17) is 5.11 Å². The number of nitrogens with one attached hydrogen (secondary N) is 1. The maximum Gasteiger partial charge on any atom is 0.354 e. The molecule has 0 aromatic heterocycles. The Balaban J connectivity index is 2.45. The van der Waals surface area contributed by atoms with Crippen molar-refractivity contribution < 1.29 is 29.4 Å². The van der Waals surface area contributed by atoms with Gasteiger partial charge in [0.15, 0.2) is 0 Å². The number of aliphatic hydroxyl groups excluding tert-OH is 1. The van der Waals surface area contributed by atoms with Gasteiger partial charge in [0.05, 0.1) is 5.92 Å². The minimum Gasteiger partial charge on any atom is -0.478 e. The lowest BCUT2D eigenvalue weighted by atomic mass is 9.95. The molecule has 2 amide bonds. The average molecular weight is 382 g/mol. The van der Waals surface area contributed by atoms with Crippen molar-refractivity contribution in [3.05, 3.63) is 0 Å². The van der Waals surface area contributed by atoms with E-state index in [0.717, 1.165) is 27.5 Å². The fourth-order valence-corrected chi connectivity index (χ4v) is 5.32. The summed E-state index contributed by atoms with van der Waals surface area (Å²) in [6.07, 6.45) is -1.47. The summed E-state index contributed by atoms with van der Waals surface area (Å²) in [5, 5.41) is 20.3. The lowest BCUT2D eigenvalue weighted by Gasteiger charge is -2.46. The molecule has 11 heteroatoms. The highest BCUT2D eigenvalue weighted by molar-refractivity contribution is 8.86. The molecule has 8 nitrogen and oxygen atoms in total. The van der Waals surface area contributed by atoms with Crippen molar-refractivity contribution in [2.45, 2.75) is 31.9 Å². The van der Waals surface area contributed by atoms with Gasteiger partial charge in [0.2, 0.25) is 18.0 Å². The summed E-state index contributed by atoms with van der Waals surface area (Å²) in [6.45, 7) is 3.61. The van der Waals surface area contributed by atoms with Crippen LogP contribution < -0.4 is 5.32 Å². The zero-order chi connectivity index (χ0) is 17.6. The highest BCUT2D eigenvalue weighted by atomic mass is 33.1. The van der Waals surface area contributed by atoms with Crippen LogP contribution in [0.3, 0.4) is 0 Å². The number of hydrogen-bond acceptors (Lipinski definition) is 8. The maximum atomic E-state index is 11.9. The second kappa shape index (κ2) is 9.40. The minimum atomic E-state index is -1.94. The minimum absolute atomic E-state index is 0.145. The van der Waals surface area contributed by atoms with Gasteiger partial charge < -0.3 is 15.5 Å². The van der Waals surface area contributed by atoms with Crippen molar-refractivity contribution in [2.24, 2.45) is 5.92 Å². The van der Waals surface area contributed by atoms with Crippen molar-refractivity contribution >= 4 is 55.6 Å². The van der Waals surface area contributed by atoms with Crippen LogP contribution in [0.15, 0.2) is 0 Å². The van der Waals surface area contributed by atoms with Crippen LogP contribution >= 0.6 is 33.3 Å². The Kier molecular flexibility index (Phi) is 8.23. The van der Waals surface area contributed by atoms with E-state index < -0.39 is 29.4 Å². The molecule has 3 unspecified atom stereocenters. The van der Waals surface area contributed by atoms with Crippen molar-refractivity contribution in [2.75, 3.05) is 12.3 Å². The predicted octanol–water partition coefficient (Wildman–Crippen LogP) is 0.955. The van der Waals surface area contributed by atoms with Crippen molar-refractivity contribution in [1.82, 2.24) is 10.2 Å². The Hall–Kier alpha value is -0.910. The number of β-lactam (4-membered cyclic amide) rings is 1. The molecule has 1 rings (SSSR count). The molecular formula is C12H18N2O6S3. The van der Waals surface area contributed by atoms with E-state index in [1.165, 1.54) is 17.7 Å².